The van der Waals surface area contributed by atoms with Gasteiger partial charge in [-0.2, -0.15) is 5.26 Å². The number of nitriles is 1. The van der Waals surface area contributed by atoms with Gasteiger partial charge in [-0.1, -0.05) is 0 Å². The summed E-state index contributed by atoms with van der Waals surface area (Å²) >= 11 is 0. The Morgan fingerprint density at radius 2 is 1.89 bits per heavy atom. The second-order valence-electron chi connectivity index (χ2n) is 6.66. The van der Waals surface area contributed by atoms with Crippen LogP contribution in [0.2, 0.25) is 0 Å². The Labute approximate surface area is 158 Å². The molecular weight excluding hydrogens is 348 g/mol. The van der Waals surface area contributed by atoms with E-state index >= 15 is 0 Å². The van der Waals surface area contributed by atoms with Crippen LogP contribution in [-0.4, -0.2) is 80.4 Å². The number of benzene rings is 1. The predicted molar refractivity (Wildman–Crippen MR) is 98.3 cm³/mol. The fourth-order valence-corrected chi connectivity index (χ4v) is 3.35. The molecule has 8 nitrogen and oxygen atoms in total. The molecule has 2 aliphatic rings. The number of anilines is 1. The molecule has 144 valence electrons. The molecule has 0 unspecified atom stereocenters. The number of nitrogens with zero attached hydrogens (tertiary/aromatic N) is 4. The maximum absolute atomic E-state index is 12.2. The Hall–Kier alpha value is -2.63. The summed E-state index contributed by atoms with van der Waals surface area (Å²) in [4.78, 5) is 29.7. The predicted octanol–water partition coefficient (Wildman–Crippen LogP) is 1.06. The van der Waals surface area contributed by atoms with Gasteiger partial charge in [0.05, 0.1) is 31.3 Å². The number of amides is 1. The van der Waals surface area contributed by atoms with Gasteiger partial charge in [0.2, 0.25) is 0 Å². The van der Waals surface area contributed by atoms with E-state index in [4.69, 9.17) is 14.7 Å². The van der Waals surface area contributed by atoms with E-state index in [-0.39, 0.29) is 18.2 Å². The van der Waals surface area contributed by atoms with Crippen LogP contribution in [0.15, 0.2) is 24.3 Å². The number of esters is 1. The number of hydrogen-bond donors (Lipinski definition) is 0. The van der Waals surface area contributed by atoms with Crippen LogP contribution in [0.4, 0.5) is 10.5 Å². The van der Waals surface area contributed by atoms with E-state index in [1.54, 1.807) is 36.1 Å². The number of ether oxygens (including phenoxy) is 2. The maximum Gasteiger partial charge on any atom is 0.414 e. The van der Waals surface area contributed by atoms with Crippen molar-refractivity contribution in [3.05, 3.63) is 29.8 Å². The minimum absolute atomic E-state index is 0.186. The molecule has 0 aliphatic carbocycles. The molecule has 2 saturated heterocycles. The molecule has 1 aromatic rings. The van der Waals surface area contributed by atoms with Crippen molar-refractivity contribution in [2.45, 2.75) is 13.0 Å². The van der Waals surface area contributed by atoms with Crippen LogP contribution < -0.4 is 4.90 Å². The lowest BCUT2D eigenvalue weighted by Crippen LogP contribution is -2.50. The molecule has 0 saturated carbocycles. The highest BCUT2D eigenvalue weighted by Crippen LogP contribution is 2.22. The Morgan fingerprint density at radius 3 is 2.52 bits per heavy atom. The molecule has 0 radical (unpaired) electrons. The first-order chi connectivity index (χ1) is 13.1. The number of carbonyl (C=O) groups is 2. The normalized spacial score (nSPS) is 21.0. The van der Waals surface area contributed by atoms with Crippen LogP contribution in [0, 0.1) is 11.3 Å². The molecule has 3 rings (SSSR count). The summed E-state index contributed by atoms with van der Waals surface area (Å²) in [6.45, 7) is 6.93. The number of rotatable bonds is 6. The average Bonchev–Trinajstić information content (AvgIpc) is 3.04. The van der Waals surface area contributed by atoms with Crippen molar-refractivity contribution < 1.29 is 19.1 Å². The molecule has 0 bridgehead atoms. The highest BCUT2D eigenvalue weighted by atomic mass is 16.6. The number of piperazine rings is 1. The average molecular weight is 372 g/mol. The first-order valence-corrected chi connectivity index (χ1v) is 9.17. The zero-order valence-corrected chi connectivity index (χ0v) is 15.5. The molecular formula is C19H24N4O4. The van der Waals surface area contributed by atoms with Crippen molar-refractivity contribution in [3.63, 3.8) is 0 Å². The van der Waals surface area contributed by atoms with Gasteiger partial charge in [-0.05, 0) is 31.2 Å². The third-order valence-electron chi connectivity index (χ3n) is 4.77. The van der Waals surface area contributed by atoms with E-state index in [1.165, 1.54) is 0 Å². The monoisotopic (exact) mass is 372 g/mol. The van der Waals surface area contributed by atoms with Gasteiger partial charge in [-0.3, -0.25) is 19.5 Å². The minimum atomic E-state index is -0.356. The topological polar surface area (TPSA) is 86.1 Å². The zero-order chi connectivity index (χ0) is 19.2. The van der Waals surface area contributed by atoms with Crippen molar-refractivity contribution in [3.8, 4) is 6.07 Å². The second kappa shape index (κ2) is 8.84. The summed E-state index contributed by atoms with van der Waals surface area (Å²) in [6.07, 6.45) is -0.546. The van der Waals surface area contributed by atoms with Crippen molar-refractivity contribution in [2.24, 2.45) is 0 Å². The number of cyclic esters (lactones) is 1. The standard InChI is InChI=1S/C19H24N4O4/c1-2-26-18(24)14-22-9-7-21(8-10-22)12-17-13-23(19(25)27-17)16-5-3-15(11-20)4-6-16/h3-6,17H,2,7-10,12-14H2,1H3/t17-/m1/s1. The van der Waals surface area contributed by atoms with E-state index < -0.39 is 0 Å². The summed E-state index contributed by atoms with van der Waals surface area (Å²) in [5, 5.41) is 8.87. The Bertz CT molecular complexity index is 707. The zero-order valence-electron chi connectivity index (χ0n) is 15.5. The van der Waals surface area contributed by atoms with E-state index in [1.807, 2.05) is 0 Å². The quantitative estimate of drug-likeness (QED) is 0.690. The molecule has 2 aliphatic heterocycles. The van der Waals surface area contributed by atoms with Gasteiger partial charge in [0.25, 0.3) is 0 Å². The highest BCUT2D eigenvalue weighted by molar-refractivity contribution is 5.89. The molecule has 0 aromatic heterocycles. The van der Waals surface area contributed by atoms with Gasteiger partial charge in [-0.25, -0.2) is 4.79 Å². The number of hydrogen-bond acceptors (Lipinski definition) is 7. The third kappa shape index (κ3) is 4.96. The maximum atomic E-state index is 12.2. The summed E-state index contributed by atoms with van der Waals surface area (Å²) in [5.74, 6) is -0.186. The van der Waals surface area contributed by atoms with E-state index in [0.29, 0.717) is 31.8 Å². The van der Waals surface area contributed by atoms with Crippen molar-refractivity contribution >= 4 is 17.7 Å². The van der Waals surface area contributed by atoms with Crippen molar-refractivity contribution in [1.82, 2.24) is 9.80 Å². The molecule has 2 heterocycles. The van der Waals surface area contributed by atoms with Gasteiger partial charge < -0.3 is 9.47 Å². The SMILES string of the molecule is CCOC(=O)CN1CCN(C[C@@H]2CN(c3ccc(C#N)cc3)C(=O)O2)CC1. The summed E-state index contributed by atoms with van der Waals surface area (Å²) in [6, 6.07) is 8.97. The molecule has 8 heteroatoms. The van der Waals surface area contributed by atoms with Crippen molar-refractivity contribution in [1.29, 1.82) is 5.26 Å². The highest BCUT2D eigenvalue weighted by Gasteiger charge is 2.34. The molecule has 2 fully saturated rings. The van der Waals surface area contributed by atoms with Crippen LogP contribution in [0.5, 0.6) is 0 Å². The lowest BCUT2D eigenvalue weighted by Gasteiger charge is -2.34. The van der Waals surface area contributed by atoms with Gasteiger partial charge in [-0.15, -0.1) is 0 Å². The summed E-state index contributed by atoms with van der Waals surface area (Å²) in [7, 11) is 0. The van der Waals surface area contributed by atoms with Crippen molar-refractivity contribution in [2.75, 3.05) is 57.3 Å². The lowest BCUT2D eigenvalue weighted by atomic mass is 10.2. The minimum Gasteiger partial charge on any atom is -0.465 e. The molecule has 1 amide bonds. The van der Waals surface area contributed by atoms with Crippen LogP contribution in [0.1, 0.15) is 12.5 Å². The largest absolute Gasteiger partial charge is 0.465 e. The Balaban J connectivity index is 1.46. The number of carbonyl (C=O) groups excluding carboxylic acids is 2. The van der Waals surface area contributed by atoms with Gasteiger partial charge in [0.15, 0.2) is 0 Å². The fourth-order valence-electron chi connectivity index (χ4n) is 3.35. The lowest BCUT2D eigenvalue weighted by molar-refractivity contribution is -0.144. The van der Waals surface area contributed by atoms with Crippen LogP contribution >= 0.6 is 0 Å². The molecule has 1 atom stereocenters. The van der Waals surface area contributed by atoms with Gasteiger partial charge in [0.1, 0.15) is 6.10 Å². The van der Waals surface area contributed by atoms with Gasteiger partial charge in [0, 0.05) is 38.4 Å². The smallest absolute Gasteiger partial charge is 0.414 e. The van der Waals surface area contributed by atoms with Crippen LogP contribution in [0.25, 0.3) is 0 Å². The molecule has 27 heavy (non-hydrogen) atoms. The first kappa shape index (κ1) is 19.1. The van der Waals surface area contributed by atoms with E-state index in [9.17, 15) is 9.59 Å². The van der Waals surface area contributed by atoms with Gasteiger partial charge >= 0.3 is 12.1 Å². The summed E-state index contributed by atoms with van der Waals surface area (Å²) in [5.41, 5.74) is 1.30. The fraction of sp³-hybridized carbons (Fsp3) is 0.526. The third-order valence-corrected chi connectivity index (χ3v) is 4.77. The Morgan fingerprint density at radius 1 is 1.22 bits per heavy atom. The van der Waals surface area contributed by atoms with E-state index in [2.05, 4.69) is 15.9 Å². The van der Waals surface area contributed by atoms with E-state index in [0.717, 1.165) is 31.9 Å². The van der Waals surface area contributed by atoms with Crippen LogP contribution in [-0.2, 0) is 14.3 Å². The molecule has 0 spiro atoms. The Kier molecular flexibility index (Phi) is 6.27. The van der Waals surface area contributed by atoms with Crippen LogP contribution in [0.3, 0.4) is 0 Å². The summed E-state index contributed by atoms with van der Waals surface area (Å²) < 4.78 is 10.5. The first-order valence-electron chi connectivity index (χ1n) is 9.17. The molecule has 1 aromatic carbocycles. The molecule has 0 N–H and O–H groups in total. The second-order valence-corrected chi connectivity index (χ2v) is 6.66.